The third kappa shape index (κ3) is 2.24. The number of Topliss-reactive ketones (excluding diaryl/α,β-unsaturated/α-hetero) is 1. The number of ether oxygens (including phenoxy) is 2. The molecule has 0 unspecified atom stereocenters. The van der Waals surface area contributed by atoms with Gasteiger partial charge in [-0.25, -0.2) is 0 Å². The van der Waals surface area contributed by atoms with Crippen molar-refractivity contribution in [3.63, 3.8) is 0 Å². The van der Waals surface area contributed by atoms with Crippen molar-refractivity contribution in [2.75, 3.05) is 0 Å². The minimum absolute atomic E-state index is 0.0717. The Labute approximate surface area is 142 Å². The van der Waals surface area contributed by atoms with Gasteiger partial charge in [-0.1, -0.05) is 32.9 Å². The average molecular weight is 334 g/mol. The van der Waals surface area contributed by atoms with Crippen molar-refractivity contribution in [2.45, 2.75) is 53.2 Å². The molecule has 0 spiro atoms. The molecule has 3 aliphatic rings. The lowest BCUT2D eigenvalue weighted by molar-refractivity contribution is -0.204. The first-order valence-electron chi connectivity index (χ1n) is 8.63. The molecule has 3 rings (SSSR count). The van der Waals surface area contributed by atoms with Crippen molar-refractivity contribution in [3.05, 3.63) is 12.2 Å². The molecule has 3 saturated carbocycles. The van der Waals surface area contributed by atoms with E-state index in [-0.39, 0.29) is 35.4 Å². The highest BCUT2D eigenvalue weighted by Gasteiger charge is 2.69. The smallest absolute Gasteiger partial charge is 0.303 e. The van der Waals surface area contributed by atoms with E-state index in [2.05, 4.69) is 13.5 Å². The van der Waals surface area contributed by atoms with Crippen LogP contribution in [0.4, 0.5) is 0 Å². The fourth-order valence-corrected chi connectivity index (χ4v) is 5.71. The zero-order valence-corrected chi connectivity index (χ0v) is 15.0. The molecular formula is C19H26O5. The topological polar surface area (TPSA) is 69.7 Å². The fraction of sp³-hybridized carbons (Fsp3) is 0.737. The molecule has 24 heavy (non-hydrogen) atoms. The maximum Gasteiger partial charge on any atom is 0.303 e. The lowest BCUT2D eigenvalue weighted by Gasteiger charge is -2.53. The highest BCUT2D eigenvalue weighted by atomic mass is 16.6. The Hall–Kier alpha value is -1.65. The lowest BCUT2D eigenvalue weighted by atomic mass is 9.54. The van der Waals surface area contributed by atoms with Crippen LogP contribution in [-0.2, 0) is 23.9 Å². The minimum atomic E-state index is -0.575. The molecule has 7 atom stereocenters. The van der Waals surface area contributed by atoms with Crippen molar-refractivity contribution in [3.8, 4) is 0 Å². The summed E-state index contributed by atoms with van der Waals surface area (Å²) in [7, 11) is 0. The normalized spacial score (nSPS) is 42.6. The van der Waals surface area contributed by atoms with Gasteiger partial charge in [0.1, 0.15) is 18.0 Å². The van der Waals surface area contributed by atoms with E-state index in [0.29, 0.717) is 6.42 Å². The molecule has 4 bridgehead atoms. The summed E-state index contributed by atoms with van der Waals surface area (Å²) in [5, 5.41) is 0. The van der Waals surface area contributed by atoms with Gasteiger partial charge in [-0.2, -0.15) is 0 Å². The molecule has 0 amide bonds. The van der Waals surface area contributed by atoms with Crippen LogP contribution in [0.5, 0.6) is 0 Å². The summed E-state index contributed by atoms with van der Waals surface area (Å²) in [5.74, 6) is -0.421. The van der Waals surface area contributed by atoms with Gasteiger partial charge in [0.15, 0.2) is 0 Å². The molecule has 0 saturated heterocycles. The predicted molar refractivity (Wildman–Crippen MR) is 86.8 cm³/mol. The van der Waals surface area contributed by atoms with Crippen molar-refractivity contribution < 1.29 is 23.9 Å². The highest BCUT2D eigenvalue weighted by Crippen LogP contribution is 2.66. The Morgan fingerprint density at radius 1 is 1.17 bits per heavy atom. The van der Waals surface area contributed by atoms with Gasteiger partial charge in [-0.15, -0.1) is 0 Å². The zero-order chi connectivity index (χ0) is 18.0. The maximum atomic E-state index is 12.7. The van der Waals surface area contributed by atoms with E-state index < -0.39 is 29.6 Å². The molecule has 0 aromatic heterocycles. The highest BCUT2D eigenvalue weighted by molar-refractivity contribution is 5.87. The van der Waals surface area contributed by atoms with E-state index in [4.69, 9.17) is 9.47 Å². The summed E-state index contributed by atoms with van der Waals surface area (Å²) < 4.78 is 11.3. The Balaban J connectivity index is 2.13. The molecule has 0 N–H and O–H groups in total. The van der Waals surface area contributed by atoms with Gasteiger partial charge in [0.05, 0.1) is 0 Å². The molecule has 0 aliphatic heterocycles. The maximum absolute atomic E-state index is 12.7. The van der Waals surface area contributed by atoms with Crippen LogP contribution in [-0.4, -0.2) is 29.9 Å². The first kappa shape index (κ1) is 17.2. The number of esters is 2. The number of carbonyl (C=O) groups is 3. The summed E-state index contributed by atoms with van der Waals surface area (Å²) >= 11 is 0. The summed E-state index contributed by atoms with van der Waals surface area (Å²) in [6.45, 7) is 13.1. The van der Waals surface area contributed by atoms with Gasteiger partial charge in [0.25, 0.3) is 0 Å². The molecule has 5 nitrogen and oxygen atoms in total. The number of ketones is 1. The number of carbonyl (C=O) groups excluding carboxylic acids is 3. The standard InChI is InChI=1S/C19H26O5/c1-8-7-12(22)14-9(2)15-13(8)16(14)19(5,6)18(24-11(4)21)17(15)23-10(3)20/h8,13-18H,2,7H2,1,3-6H3/t8-,13+,14+,15-,16-,17-,18+/m0/s1. The van der Waals surface area contributed by atoms with Gasteiger partial charge in [0.2, 0.25) is 0 Å². The van der Waals surface area contributed by atoms with E-state index in [0.717, 1.165) is 5.57 Å². The predicted octanol–water partition coefficient (Wildman–Crippen LogP) is 2.53. The summed E-state index contributed by atoms with van der Waals surface area (Å²) in [6, 6.07) is 0. The minimum Gasteiger partial charge on any atom is -0.458 e. The van der Waals surface area contributed by atoms with E-state index in [9.17, 15) is 14.4 Å². The monoisotopic (exact) mass is 334 g/mol. The third-order valence-electron chi connectivity index (χ3n) is 6.38. The summed E-state index contributed by atoms with van der Waals surface area (Å²) in [6.07, 6.45) is -0.596. The van der Waals surface area contributed by atoms with Gasteiger partial charge in [-0.05, 0) is 17.8 Å². The Bertz CT molecular complexity index is 619. The third-order valence-corrected chi connectivity index (χ3v) is 6.38. The summed E-state index contributed by atoms with van der Waals surface area (Å²) in [5.41, 5.74) is 0.384. The molecule has 0 heterocycles. The first-order valence-corrected chi connectivity index (χ1v) is 8.63. The van der Waals surface area contributed by atoms with Gasteiger partial charge in [-0.3, -0.25) is 14.4 Å². The van der Waals surface area contributed by atoms with Crippen LogP contribution in [0.1, 0.15) is 41.0 Å². The number of rotatable bonds is 2. The van der Waals surface area contributed by atoms with Crippen molar-refractivity contribution >= 4 is 17.7 Å². The van der Waals surface area contributed by atoms with Crippen LogP contribution >= 0.6 is 0 Å². The second-order valence-corrected chi connectivity index (χ2v) is 8.25. The molecule has 0 radical (unpaired) electrons. The molecule has 0 aromatic carbocycles. The van der Waals surface area contributed by atoms with Crippen LogP contribution in [0.25, 0.3) is 0 Å². The SMILES string of the molecule is C=C1[C@@H]2C(=O)C[C@H](C)[C@@H]3[C@H]1[C@H](OC(C)=O)[C@@H](OC(C)=O)C(C)(C)[C@H]23. The van der Waals surface area contributed by atoms with Crippen LogP contribution in [0.3, 0.4) is 0 Å². The molecule has 132 valence electrons. The quantitative estimate of drug-likeness (QED) is 0.573. The average Bonchev–Trinajstić information content (AvgIpc) is 2.67. The van der Waals surface area contributed by atoms with E-state index in [1.807, 2.05) is 13.8 Å². The largest absolute Gasteiger partial charge is 0.458 e. The van der Waals surface area contributed by atoms with Crippen LogP contribution < -0.4 is 0 Å². The Kier molecular flexibility index (Phi) is 3.89. The molecule has 3 fully saturated rings. The van der Waals surface area contributed by atoms with Crippen LogP contribution in [0.15, 0.2) is 12.2 Å². The number of hydrogen-bond donors (Lipinski definition) is 0. The van der Waals surface area contributed by atoms with Gasteiger partial charge >= 0.3 is 11.9 Å². The van der Waals surface area contributed by atoms with Gasteiger partial charge in [0, 0.05) is 37.5 Å². The van der Waals surface area contributed by atoms with Crippen molar-refractivity contribution in [1.82, 2.24) is 0 Å². The van der Waals surface area contributed by atoms with Crippen molar-refractivity contribution in [2.24, 2.45) is 35.0 Å². The van der Waals surface area contributed by atoms with Crippen LogP contribution in [0, 0.1) is 35.0 Å². The molecule has 5 heteroatoms. The van der Waals surface area contributed by atoms with E-state index in [1.165, 1.54) is 13.8 Å². The number of hydrogen-bond acceptors (Lipinski definition) is 5. The second kappa shape index (κ2) is 5.43. The molecule has 3 aliphatic carbocycles. The van der Waals surface area contributed by atoms with Gasteiger partial charge < -0.3 is 9.47 Å². The zero-order valence-electron chi connectivity index (χ0n) is 15.0. The summed E-state index contributed by atoms with van der Waals surface area (Å²) in [4.78, 5) is 36.1. The lowest BCUT2D eigenvalue weighted by Crippen LogP contribution is -2.59. The molecular weight excluding hydrogens is 308 g/mol. The van der Waals surface area contributed by atoms with Crippen molar-refractivity contribution in [1.29, 1.82) is 0 Å². The van der Waals surface area contributed by atoms with E-state index >= 15 is 0 Å². The second-order valence-electron chi connectivity index (χ2n) is 8.25. The molecule has 0 aromatic rings. The Morgan fingerprint density at radius 3 is 2.29 bits per heavy atom. The Morgan fingerprint density at radius 2 is 1.75 bits per heavy atom. The first-order chi connectivity index (χ1) is 11.1. The van der Waals surface area contributed by atoms with E-state index in [1.54, 1.807) is 0 Å². The van der Waals surface area contributed by atoms with Crippen LogP contribution in [0.2, 0.25) is 0 Å². The fourth-order valence-electron chi connectivity index (χ4n) is 5.71.